The fourth-order valence-electron chi connectivity index (χ4n) is 3.10. The molecule has 1 fully saturated rings. The van der Waals surface area contributed by atoms with Crippen LogP contribution in [0.3, 0.4) is 0 Å². The summed E-state index contributed by atoms with van der Waals surface area (Å²) in [6, 6.07) is 0.831. The Bertz CT molecular complexity index is 246. The summed E-state index contributed by atoms with van der Waals surface area (Å²) in [7, 11) is -1.05. The maximum absolute atomic E-state index is 2.76. The lowest BCUT2D eigenvalue weighted by molar-refractivity contribution is 0.186. The lowest BCUT2D eigenvalue weighted by Gasteiger charge is -2.37. The number of hydrogen-bond donors (Lipinski definition) is 0. The van der Waals surface area contributed by atoms with Gasteiger partial charge in [-0.1, -0.05) is 37.3 Å². The predicted molar refractivity (Wildman–Crippen MR) is 69.9 cm³/mol. The summed E-state index contributed by atoms with van der Waals surface area (Å²) in [6.45, 7) is 10.2. The van der Waals surface area contributed by atoms with Gasteiger partial charge >= 0.3 is 0 Å². The van der Waals surface area contributed by atoms with Crippen LogP contribution in [-0.4, -0.2) is 32.1 Å². The van der Waals surface area contributed by atoms with E-state index in [2.05, 4.69) is 30.6 Å². The van der Waals surface area contributed by atoms with Crippen molar-refractivity contribution in [3.63, 3.8) is 0 Å². The fraction of sp³-hybridized carbons (Fsp3) is 0.846. The molecule has 86 valence electrons. The normalized spacial score (nSPS) is 29.3. The molecule has 0 aromatic heterocycles. The first-order chi connectivity index (χ1) is 7.09. The molecule has 15 heavy (non-hydrogen) atoms. The maximum Gasteiger partial charge on any atom is 0.0740 e. The van der Waals surface area contributed by atoms with Crippen molar-refractivity contribution >= 4 is 8.07 Å². The van der Waals surface area contributed by atoms with Gasteiger partial charge in [0.05, 0.1) is 8.07 Å². The molecule has 2 rings (SSSR count). The second-order valence-electron chi connectivity index (χ2n) is 6.10. The molecule has 0 aromatic rings. The highest BCUT2D eigenvalue weighted by molar-refractivity contribution is 6.83. The molecule has 2 heteroatoms. The molecule has 0 spiro atoms. The van der Waals surface area contributed by atoms with E-state index in [-0.39, 0.29) is 0 Å². The zero-order chi connectivity index (χ0) is 10.9. The van der Waals surface area contributed by atoms with Gasteiger partial charge in [-0.2, -0.15) is 0 Å². The van der Waals surface area contributed by atoms with Gasteiger partial charge in [0.1, 0.15) is 0 Å². The van der Waals surface area contributed by atoms with Crippen molar-refractivity contribution in [1.29, 1.82) is 0 Å². The van der Waals surface area contributed by atoms with Crippen LogP contribution < -0.4 is 0 Å². The second kappa shape index (κ2) is 4.42. The summed E-state index contributed by atoms with van der Waals surface area (Å²) in [5.41, 5.74) is 0. The van der Waals surface area contributed by atoms with Crippen LogP contribution in [0.2, 0.25) is 19.6 Å². The molecule has 1 heterocycles. The molecule has 1 atom stereocenters. The first-order valence-corrected chi connectivity index (χ1v) is 10.0. The SMILES string of the molecule is C[Si](C)(C)C1=CCCC1N1CCCCC1. The topological polar surface area (TPSA) is 3.24 Å². The van der Waals surface area contributed by atoms with Crippen LogP contribution >= 0.6 is 0 Å². The van der Waals surface area contributed by atoms with Crippen molar-refractivity contribution in [2.75, 3.05) is 13.1 Å². The molecule has 0 bridgehead atoms. The van der Waals surface area contributed by atoms with E-state index in [9.17, 15) is 0 Å². The predicted octanol–water partition coefficient (Wildman–Crippen LogP) is 3.44. The summed E-state index contributed by atoms with van der Waals surface area (Å²) in [5.74, 6) is 0. The van der Waals surface area contributed by atoms with E-state index in [1.165, 1.54) is 45.2 Å². The number of nitrogens with zero attached hydrogens (tertiary/aromatic N) is 1. The number of hydrogen-bond acceptors (Lipinski definition) is 1. The summed E-state index contributed by atoms with van der Waals surface area (Å²) in [4.78, 5) is 2.76. The smallest absolute Gasteiger partial charge is 0.0740 e. The highest BCUT2D eigenvalue weighted by Crippen LogP contribution is 2.32. The Morgan fingerprint density at radius 3 is 2.40 bits per heavy atom. The van der Waals surface area contributed by atoms with E-state index in [4.69, 9.17) is 0 Å². The lowest BCUT2D eigenvalue weighted by atomic mass is 10.1. The number of likely N-dealkylation sites (tertiary alicyclic amines) is 1. The molecule has 1 aliphatic carbocycles. The third-order valence-electron chi connectivity index (χ3n) is 3.86. The number of piperidine rings is 1. The van der Waals surface area contributed by atoms with Crippen LogP contribution in [0.15, 0.2) is 11.3 Å². The summed E-state index contributed by atoms with van der Waals surface area (Å²) in [5, 5.41) is 1.84. The van der Waals surface area contributed by atoms with Crippen molar-refractivity contribution in [3.05, 3.63) is 11.3 Å². The van der Waals surface area contributed by atoms with E-state index in [1.54, 1.807) is 0 Å². The number of allylic oxidation sites excluding steroid dienone is 1. The van der Waals surface area contributed by atoms with E-state index in [1.807, 2.05) is 5.20 Å². The number of rotatable bonds is 2. The van der Waals surface area contributed by atoms with Gasteiger partial charge in [0.15, 0.2) is 0 Å². The zero-order valence-electron chi connectivity index (χ0n) is 10.6. The molecule has 0 radical (unpaired) electrons. The van der Waals surface area contributed by atoms with E-state index in [0.29, 0.717) is 0 Å². The van der Waals surface area contributed by atoms with Gasteiger partial charge in [-0.05, 0) is 38.8 Å². The molecule has 2 aliphatic rings. The summed E-state index contributed by atoms with van der Waals surface area (Å²) in [6.07, 6.45) is 9.60. The Balaban J connectivity index is 2.06. The van der Waals surface area contributed by atoms with Crippen LogP contribution in [0.25, 0.3) is 0 Å². The molecule has 1 nitrogen and oxygen atoms in total. The van der Waals surface area contributed by atoms with Gasteiger partial charge in [-0.3, -0.25) is 4.90 Å². The van der Waals surface area contributed by atoms with Gasteiger partial charge in [-0.15, -0.1) is 0 Å². The van der Waals surface area contributed by atoms with Crippen LogP contribution in [0.5, 0.6) is 0 Å². The minimum absolute atomic E-state index is 0.831. The van der Waals surface area contributed by atoms with Crippen molar-refractivity contribution in [3.8, 4) is 0 Å². The van der Waals surface area contributed by atoms with Crippen molar-refractivity contribution in [2.24, 2.45) is 0 Å². The fourth-order valence-corrected chi connectivity index (χ4v) is 5.19. The minimum atomic E-state index is -1.05. The van der Waals surface area contributed by atoms with Crippen LogP contribution in [0.4, 0.5) is 0 Å². The van der Waals surface area contributed by atoms with Gasteiger partial charge in [0.2, 0.25) is 0 Å². The van der Waals surface area contributed by atoms with Gasteiger partial charge in [0.25, 0.3) is 0 Å². The third kappa shape index (κ3) is 2.54. The van der Waals surface area contributed by atoms with Crippen LogP contribution in [0.1, 0.15) is 32.1 Å². The van der Waals surface area contributed by atoms with Crippen LogP contribution in [0, 0.1) is 0 Å². The molecular formula is C13H25NSi. The lowest BCUT2D eigenvalue weighted by Crippen LogP contribution is -2.44. The van der Waals surface area contributed by atoms with Crippen molar-refractivity contribution in [2.45, 2.75) is 57.8 Å². The standard InChI is InChI=1S/C13H25NSi/c1-15(2,3)13-9-7-8-12(13)14-10-5-4-6-11-14/h9,12H,4-8,10-11H2,1-3H3. The first-order valence-electron chi connectivity index (χ1n) is 6.53. The van der Waals surface area contributed by atoms with E-state index < -0.39 is 8.07 Å². The monoisotopic (exact) mass is 223 g/mol. The molecule has 0 aromatic carbocycles. The molecule has 0 saturated carbocycles. The van der Waals surface area contributed by atoms with Gasteiger partial charge < -0.3 is 0 Å². The van der Waals surface area contributed by atoms with Crippen LogP contribution in [-0.2, 0) is 0 Å². The molecule has 1 aliphatic heterocycles. The maximum atomic E-state index is 2.76. The average molecular weight is 223 g/mol. The summed E-state index contributed by atoms with van der Waals surface area (Å²) >= 11 is 0. The first kappa shape index (κ1) is 11.4. The Kier molecular flexibility index (Phi) is 3.36. The Hall–Kier alpha value is -0.0831. The van der Waals surface area contributed by atoms with Crippen molar-refractivity contribution < 1.29 is 0 Å². The van der Waals surface area contributed by atoms with Gasteiger partial charge in [0, 0.05) is 6.04 Å². The van der Waals surface area contributed by atoms with E-state index >= 15 is 0 Å². The molecule has 0 N–H and O–H groups in total. The zero-order valence-corrected chi connectivity index (χ0v) is 11.6. The second-order valence-corrected chi connectivity index (χ2v) is 11.2. The Morgan fingerprint density at radius 1 is 1.13 bits per heavy atom. The highest BCUT2D eigenvalue weighted by atomic mass is 28.3. The minimum Gasteiger partial charge on any atom is -0.297 e. The Labute approximate surface area is 95.6 Å². The molecule has 0 amide bonds. The Morgan fingerprint density at radius 2 is 1.80 bits per heavy atom. The van der Waals surface area contributed by atoms with Crippen molar-refractivity contribution in [1.82, 2.24) is 4.90 Å². The third-order valence-corrected chi connectivity index (χ3v) is 6.13. The molecule has 1 saturated heterocycles. The quantitative estimate of drug-likeness (QED) is 0.648. The summed E-state index contributed by atoms with van der Waals surface area (Å²) < 4.78 is 0. The molecular weight excluding hydrogens is 198 g/mol. The largest absolute Gasteiger partial charge is 0.297 e. The van der Waals surface area contributed by atoms with Gasteiger partial charge in [-0.25, -0.2) is 0 Å². The highest BCUT2D eigenvalue weighted by Gasteiger charge is 2.33. The van der Waals surface area contributed by atoms with E-state index in [0.717, 1.165) is 6.04 Å². The average Bonchev–Trinajstić information content (AvgIpc) is 2.67. The molecule has 1 unspecified atom stereocenters.